The van der Waals surface area contributed by atoms with Crippen molar-refractivity contribution in [3.05, 3.63) is 77.1 Å². The Morgan fingerprint density at radius 1 is 1.11 bits per heavy atom. The highest BCUT2D eigenvalue weighted by molar-refractivity contribution is 6.35. The van der Waals surface area contributed by atoms with Crippen LogP contribution in [0.2, 0.25) is 5.02 Å². The van der Waals surface area contributed by atoms with Gasteiger partial charge >= 0.3 is 0 Å². The van der Waals surface area contributed by atoms with E-state index in [9.17, 15) is 0 Å². The summed E-state index contributed by atoms with van der Waals surface area (Å²) in [5.74, 6) is 0.690. The van der Waals surface area contributed by atoms with E-state index >= 15 is 4.39 Å². The van der Waals surface area contributed by atoms with Crippen LogP contribution in [0.4, 0.5) is 10.2 Å². The molecule has 37 heavy (non-hydrogen) atoms. The SMILES string of the molecule is N=CN=C(N)c1cc(-c2ccnc(N)c2)cc2c1nc(C1COC1)n2-c1ccnc2c(Cl)ccc(F)c12. The summed E-state index contributed by atoms with van der Waals surface area (Å²) in [5, 5.41) is 8.05. The lowest BCUT2D eigenvalue weighted by atomic mass is 10.0. The van der Waals surface area contributed by atoms with Crippen molar-refractivity contribution in [3.63, 3.8) is 0 Å². The molecule has 11 heteroatoms. The van der Waals surface area contributed by atoms with E-state index < -0.39 is 5.82 Å². The number of amidine groups is 1. The standard InChI is InChI=1S/C26H20ClFN8O/c27-17-1-2-18(28)22-19(4-6-33-24(17)22)36-20-8-14(13-3-5-32-21(30)9-13)7-16(25(31)34-12-29)23(20)35-26(36)15-10-37-11-15/h1-9,12,15H,10-11H2,(H2,30,32)(H3,29,31,34). The fourth-order valence-electron chi connectivity index (χ4n) is 4.60. The van der Waals surface area contributed by atoms with Gasteiger partial charge < -0.3 is 16.2 Å². The van der Waals surface area contributed by atoms with Crippen LogP contribution >= 0.6 is 11.6 Å². The zero-order valence-electron chi connectivity index (χ0n) is 19.3. The lowest BCUT2D eigenvalue weighted by Crippen LogP contribution is -2.28. The molecule has 6 rings (SSSR count). The monoisotopic (exact) mass is 514 g/mol. The topological polar surface area (TPSA) is 141 Å². The van der Waals surface area contributed by atoms with Gasteiger partial charge in [0.25, 0.3) is 0 Å². The second-order valence-electron chi connectivity index (χ2n) is 8.63. The lowest BCUT2D eigenvalue weighted by Gasteiger charge is -2.26. The van der Waals surface area contributed by atoms with Crippen molar-refractivity contribution in [3.8, 4) is 16.8 Å². The number of nitrogens with two attached hydrogens (primary N) is 2. The summed E-state index contributed by atoms with van der Waals surface area (Å²) >= 11 is 6.40. The van der Waals surface area contributed by atoms with E-state index in [1.165, 1.54) is 12.1 Å². The molecule has 0 radical (unpaired) electrons. The van der Waals surface area contributed by atoms with Crippen LogP contribution in [-0.4, -0.2) is 44.9 Å². The number of pyridine rings is 2. The number of hydrogen-bond acceptors (Lipinski definition) is 6. The number of ether oxygens (including phenoxy) is 1. The van der Waals surface area contributed by atoms with Gasteiger partial charge in [-0.15, -0.1) is 0 Å². The van der Waals surface area contributed by atoms with Crippen molar-refractivity contribution in [2.75, 3.05) is 18.9 Å². The minimum atomic E-state index is -0.455. The first kappa shape index (κ1) is 23.0. The fourth-order valence-corrected chi connectivity index (χ4v) is 4.81. The second kappa shape index (κ2) is 8.91. The molecule has 0 saturated carbocycles. The Kier molecular flexibility index (Phi) is 5.54. The Morgan fingerprint density at radius 3 is 2.65 bits per heavy atom. The molecule has 3 aromatic heterocycles. The zero-order valence-corrected chi connectivity index (χ0v) is 20.1. The number of nitrogens with one attached hydrogen (secondary N) is 1. The summed E-state index contributed by atoms with van der Waals surface area (Å²) in [6.07, 6.45) is 4.09. The number of benzene rings is 2. The van der Waals surface area contributed by atoms with Crippen LogP contribution in [0.25, 0.3) is 38.8 Å². The third-order valence-corrected chi connectivity index (χ3v) is 6.70. The zero-order chi connectivity index (χ0) is 25.7. The summed E-state index contributed by atoms with van der Waals surface area (Å²) < 4.78 is 22.7. The summed E-state index contributed by atoms with van der Waals surface area (Å²) in [7, 11) is 0. The van der Waals surface area contributed by atoms with Crippen molar-refractivity contribution < 1.29 is 9.13 Å². The van der Waals surface area contributed by atoms with Crippen LogP contribution in [0.5, 0.6) is 0 Å². The summed E-state index contributed by atoms with van der Waals surface area (Å²) in [6, 6.07) is 11.9. The Balaban J connectivity index is 1.76. The van der Waals surface area contributed by atoms with E-state index in [-0.39, 0.29) is 17.1 Å². The van der Waals surface area contributed by atoms with Gasteiger partial charge in [-0.1, -0.05) is 11.6 Å². The minimum Gasteiger partial charge on any atom is -0.384 e. The summed E-state index contributed by atoms with van der Waals surface area (Å²) in [5.41, 5.74) is 16.5. The van der Waals surface area contributed by atoms with Crippen LogP contribution in [0.1, 0.15) is 17.3 Å². The second-order valence-corrected chi connectivity index (χ2v) is 9.03. The number of hydrogen-bond donors (Lipinski definition) is 3. The summed E-state index contributed by atoms with van der Waals surface area (Å²) in [4.78, 5) is 17.4. The molecular formula is C26H20ClFN8O. The highest BCUT2D eigenvalue weighted by Gasteiger charge is 2.30. The van der Waals surface area contributed by atoms with Crippen LogP contribution in [0.3, 0.4) is 0 Å². The molecule has 0 unspecified atom stereocenters. The Bertz CT molecular complexity index is 1740. The first-order valence-corrected chi connectivity index (χ1v) is 11.8. The predicted octanol–water partition coefficient (Wildman–Crippen LogP) is 4.44. The maximum Gasteiger partial charge on any atom is 0.134 e. The number of imidazole rings is 1. The average Bonchev–Trinajstić information content (AvgIpc) is 3.23. The van der Waals surface area contributed by atoms with Crippen molar-refractivity contribution in [1.29, 1.82) is 5.41 Å². The van der Waals surface area contributed by atoms with E-state index in [0.717, 1.165) is 17.5 Å². The summed E-state index contributed by atoms with van der Waals surface area (Å²) in [6.45, 7) is 0.950. The van der Waals surface area contributed by atoms with Gasteiger partial charge in [0, 0.05) is 18.0 Å². The minimum absolute atomic E-state index is 0.0216. The van der Waals surface area contributed by atoms with Gasteiger partial charge in [-0.2, -0.15) is 0 Å². The maximum atomic E-state index is 15.3. The smallest absolute Gasteiger partial charge is 0.134 e. The number of halogens is 2. The van der Waals surface area contributed by atoms with Gasteiger partial charge in [0.15, 0.2) is 0 Å². The molecule has 9 nitrogen and oxygen atoms in total. The molecule has 0 spiro atoms. The Hall–Kier alpha value is -4.41. The molecule has 184 valence electrons. The first-order valence-electron chi connectivity index (χ1n) is 11.4. The molecule has 2 aromatic carbocycles. The van der Waals surface area contributed by atoms with Gasteiger partial charge in [0.1, 0.15) is 35.2 Å². The fraction of sp³-hybridized carbons (Fsp3) is 0.115. The largest absolute Gasteiger partial charge is 0.384 e. The van der Waals surface area contributed by atoms with Gasteiger partial charge in [-0.3, -0.25) is 15.0 Å². The van der Waals surface area contributed by atoms with E-state index in [4.69, 9.17) is 38.2 Å². The number of nitrogen functional groups attached to an aromatic ring is 1. The van der Waals surface area contributed by atoms with Crippen LogP contribution in [-0.2, 0) is 4.74 Å². The number of aliphatic imine (C=N–C) groups is 1. The van der Waals surface area contributed by atoms with Crippen LogP contribution in [0.15, 0.2) is 59.9 Å². The third kappa shape index (κ3) is 3.78. The molecule has 5 aromatic rings. The number of anilines is 1. The van der Waals surface area contributed by atoms with Crippen molar-refractivity contribution in [2.45, 2.75) is 5.92 Å². The molecule has 1 aliphatic heterocycles. The number of nitrogens with zero attached hydrogens (tertiary/aromatic N) is 5. The van der Waals surface area contributed by atoms with Crippen LogP contribution < -0.4 is 11.5 Å². The van der Waals surface area contributed by atoms with E-state index in [1.54, 1.807) is 24.5 Å². The van der Waals surface area contributed by atoms with E-state index in [2.05, 4.69) is 15.0 Å². The van der Waals surface area contributed by atoms with Crippen LogP contribution in [0, 0.1) is 11.2 Å². The number of rotatable bonds is 5. The third-order valence-electron chi connectivity index (χ3n) is 6.39. The highest BCUT2D eigenvalue weighted by atomic mass is 35.5. The Labute approximate surface area is 215 Å². The van der Waals surface area contributed by atoms with Crippen molar-refractivity contribution in [2.24, 2.45) is 10.7 Å². The van der Waals surface area contributed by atoms with Gasteiger partial charge in [-0.05, 0) is 53.6 Å². The molecule has 0 amide bonds. The molecule has 1 fully saturated rings. The molecular weight excluding hydrogens is 495 g/mol. The molecule has 4 heterocycles. The molecule has 0 atom stereocenters. The van der Waals surface area contributed by atoms with E-state index in [0.29, 0.717) is 57.7 Å². The van der Waals surface area contributed by atoms with Crippen molar-refractivity contribution >= 4 is 51.5 Å². The van der Waals surface area contributed by atoms with Gasteiger partial charge in [0.05, 0.1) is 46.3 Å². The molecule has 5 N–H and O–H groups in total. The Morgan fingerprint density at radius 2 is 1.92 bits per heavy atom. The van der Waals surface area contributed by atoms with Gasteiger partial charge in [0.2, 0.25) is 0 Å². The lowest BCUT2D eigenvalue weighted by molar-refractivity contribution is 0.00449. The van der Waals surface area contributed by atoms with Gasteiger partial charge in [-0.25, -0.2) is 19.4 Å². The molecule has 1 saturated heterocycles. The average molecular weight is 515 g/mol. The highest BCUT2D eigenvalue weighted by Crippen LogP contribution is 2.38. The van der Waals surface area contributed by atoms with Crippen molar-refractivity contribution in [1.82, 2.24) is 19.5 Å². The quantitative estimate of drug-likeness (QED) is 0.234. The number of fused-ring (bicyclic) bond motifs is 2. The molecule has 0 aliphatic carbocycles. The number of aromatic nitrogens is 4. The molecule has 0 bridgehead atoms. The maximum absolute atomic E-state index is 15.3. The normalized spacial score (nSPS) is 14.3. The molecule has 1 aliphatic rings. The first-order chi connectivity index (χ1) is 18.0. The van der Waals surface area contributed by atoms with E-state index in [1.807, 2.05) is 22.8 Å². The predicted molar refractivity (Wildman–Crippen MR) is 142 cm³/mol.